The zero-order valence-electron chi connectivity index (χ0n) is 12.2. The highest BCUT2D eigenvalue weighted by molar-refractivity contribution is 5.86. The molecule has 1 rings (SSSR count). The van der Waals surface area contributed by atoms with Gasteiger partial charge in [-0.15, -0.1) is 5.10 Å². The minimum atomic E-state index is -1.26. The fourth-order valence-corrected chi connectivity index (χ4v) is 1.53. The van der Waals surface area contributed by atoms with Crippen LogP contribution in [0.15, 0.2) is 0 Å². The molecule has 9 heteroatoms. The van der Waals surface area contributed by atoms with E-state index < -0.39 is 24.3 Å². The lowest BCUT2D eigenvalue weighted by Gasteiger charge is -2.19. The summed E-state index contributed by atoms with van der Waals surface area (Å²) in [6, 6.07) is 0. The summed E-state index contributed by atoms with van der Waals surface area (Å²) in [5, 5.41) is 18.6. The number of nitrogens with zero attached hydrogens (tertiary/aromatic N) is 3. The molecule has 118 valence electrons. The molecule has 0 bridgehead atoms. The van der Waals surface area contributed by atoms with E-state index in [9.17, 15) is 14.0 Å². The summed E-state index contributed by atoms with van der Waals surface area (Å²) in [6.45, 7) is 4.64. The van der Waals surface area contributed by atoms with Gasteiger partial charge in [0.05, 0.1) is 18.9 Å². The molecule has 1 amide bonds. The first-order valence-corrected chi connectivity index (χ1v) is 6.43. The molecule has 1 aromatic rings. The SMILES string of the molecule is CC(C)(C)OC(=O)NCc1c(C(=O)O)nnn1CCCF. The molecule has 2 N–H and O–H groups in total. The maximum atomic E-state index is 12.2. The number of alkyl carbamates (subject to hydrolysis) is 1. The number of carboxylic acid groups (broad SMARTS) is 1. The van der Waals surface area contributed by atoms with Crippen LogP contribution < -0.4 is 5.32 Å². The van der Waals surface area contributed by atoms with Crippen LogP contribution in [0.1, 0.15) is 43.4 Å². The predicted molar refractivity (Wildman–Crippen MR) is 70.6 cm³/mol. The average molecular weight is 302 g/mol. The van der Waals surface area contributed by atoms with Crippen LogP contribution in [0.25, 0.3) is 0 Å². The van der Waals surface area contributed by atoms with Gasteiger partial charge < -0.3 is 15.2 Å². The van der Waals surface area contributed by atoms with Gasteiger partial charge in [0.1, 0.15) is 5.60 Å². The highest BCUT2D eigenvalue weighted by atomic mass is 19.1. The van der Waals surface area contributed by atoms with Gasteiger partial charge in [-0.3, -0.25) is 4.39 Å². The number of ether oxygens (including phenoxy) is 1. The third kappa shape index (κ3) is 5.36. The highest BCUT2D eigenvalue weighted by Gasteiger charge is 2.21. The maximum Gasteiger partial charge on any atom is 0.407 e. The van der Waals surface area contributed by atoms with Gasteiger partial charge >= 0.3 is 12.1 Å². The number of alkyl halides is 1. The van der Waals surface area contributed by atoms with Crippen LogP contribution in [-0.2, 0) is 17.8 Å². The third-order valence-corrected chi connectivity index (χ3v) is 2.34. The van der Waals surface area contributed by atoms with E-state index in [0.717, 1.165) is 0 Å². The van der Waals surface area contributed by atoms with Crippen molar-refractivity contribution >= 4 is 12.1 Å². The second kappa shape index (κ2) is 7.00. The summed E-state index contributed by atoms with van der Waals surface area (Å²) in [5.41, 5.74) is -0.737. The number of aryl methyl sites for hydroxylation is 1. The van der Waals surface area contributed by atoms with Gasteiger partial charge in [0.2, 0.25) is 0 Å². The molecule has 0 saturated heterocycles. The van der Waals surface area contributed by atoms with Crippen LogP contribution in [0, 0.1) is 0 Å². The lowest BCUT2D eigenvalue weighted by atomic mass is 10.2. The second-order valence-electron chi connectivity index (χ2n) is 5.31. The minimum absolute atomic E-state index is 0.115. The Morgan fingerprint density at radius 1 is 1.43 bits per heavy atom. The van der Waals surface area contributed by atoms with E-state index in [4.69, 9.17) is 9.84 Å². The number of amides is 1. The first-order valence-electron chi connectivity index (χ1n) is 6.43. The molecule has 1 aromatic heterocycles. The standard InChI is InChI=1S/C12H19FN4O4/c1-12(2,3)21-11(20)14-7-8-9(10(18)19)15-16-17(8)6-4-5-13/h4-7H2,1-3H3,(H,14,20)(H,18,19). The quantitative estimate of drug-likeness (QED) is 0.821. The first kappa shape index (κ1) is 16.9. The van der Waals surface area contributed by atoms with Crippen LogP contribution in [-0.4, -0.2) is 44.4 Å². The third-order valence-electron chi connectivity index (χ3n) is 2.34. The van der Waals surface area contributed by atoms with Crippen molar-refractivity contribution in [2.24, 2.45) is 0 Å². The number of aromatic carboxylic acids is 1. The van der Waals surface area contributed by atoms with Gasteiger partial charge in [-0.1, -0.05) is 5.21 Å². The van der Waals surface area contributed by atoms with E-state index in [1.54, 1.807) is 20.8 Å². The average Bonchev–Trinajstić information content (AvgIpc) is 2.74. The number of hydrogen-bond acceptors (Lipinski definition) is 5. The van der Waals surface area contributed by atoms with Gasteiger partial charge in [-0.05, 0) is 27.2 Å². The van der Waals surface area contributed by atoms with Crippen LogP contribution in [0.2, 0.25) is 0 Å². The van der Waals surface area contributed by atoms with Crippen LogP contribution >= 0.6 is 0 Å². The van der Waals surface area contributed by atoms with E-state index in [0.29, 0.717) is 0 Å². The van der Waals surface area contributed by atoms with Crippen molar-refractivity contribution in [3.63, 3.8) is 0 Å². The molecule has 0 atom stereocenters. The van der Waals surface area contributed by atoms with E-state index in [2.05, 4.69) is 15.6 Å². The Morgan fingerprint density at radius 3 is 2.62 bits per heavy atom. The van der Waals surface area contributed by atoms with Gasteiger partial charge in [-0.2, -0.15) is 0 Å². The maximum absolute atomic E-state index is 12.2. The van der Waals surface area contributed by atoms with E-state index in [1.165, 1.54) is 4.68 Å². The summed E-state index contributed by atoms with van der Waals surface area (Å²) in [6.07, 6.45) is -0.501. The monoisotopic (exact) mass is 302 g/mol. The molecular weight excluding hydrogens is 283 g/mol. The molecule has 0 saturated carbocycles. The van der Waals surface area contributed by atoms with Crippen molar-refractivity contribution in [1.29, 1.82) is 0 Å². The summed E-state index contributed by atoms with van der Waals surface area (Å²) < 4.78 is 18.5. The number of carbonyl (C=O) groups is 2. The van der Waals surface area contributed by atoms with Crippen LogP contribution in [0.4, 0.5) is 9.18 Å². The van der Waals surface area contributed by atoms with Gasteiger partial charge in [0.25, 0.3) is 0 Å². The van der Waals surface area contributed by atoms with Gasteiger partial charge in [0.15, 0.2) is 5.69 Å². The number of halogens is 1. The number of aromatic nitrogens is 3. The Labute approximate surface area is 121 Å². The molecule has 0 spiro atoms. The smallest absolute Gasteiger partial charge is 0.407 e. The lowest BCUT2D eigenvalue weighted by molar-refractivity contribution is 0.0519. The van der Waals surface area contributed by atoms with E-state index in [-0.39, 0.29) is 30.9 Å². The highest BCUT2D eigenvalue weighted by Crippen LogP contribution is 2.09. The molecule has 1 heterocycles. The van der Waals surface area contributed by atoms with Gasteiger partial charge in [0, 0.05) is 6.54 Å². The molecular formula is C12H19FN4O4. The van der Waals surface area contributed by atoms with Crippen molar-refractivity contribution in [2.45, 2.75) is 45.9 Å². The number of carboxylic acids is 1. The lowest BCUT2D eigenvalue weighted by Crippen LogP contribution is -2.33. The number of carbonyl (C=O) groups excluding carboxylic acids is 1. The van der Waals surface area contributed by atoms with Crippen molar-refractivity contribution < 1.29 is 23.8 Å². The molecule has 0 radical (unpaired) electrons. The predicted octanol–water partition coefficient (Wildman–Crippen LogP) is 1.36. The Bertz CT molecular complexity index is 510. The molecule has 0 aliphatic rings. The summed E-state index contributed by atoms with van der Waals surface area (Å²) in [5.74, 6) is -1.26. The molecule has 0 fully saturated rings. The number of rotatable bonds is 6. The molecule has 21 heavy (non-hydrogen) atoms. The van der Waals surface area contributed by atoms with Gasteiger partial charge in [-0.25, -0.2) is 14.3 Å². The number of hydrogen-bond donors (Lipinski definition) is 2. The number of nitrogens with one attached hydrogen (secondary N) is 1. The topological polar surface area (TPSA) is 106 Å². The molecule has 0 aliphatic carbocycles. The van der Waals surface area contributed by atoms with E-state index in [1.807, 2.05) is 0 Å². The Balaban J connectivity index is 2.77. The van der Waals surface area contributed by atoms with E-state index >= 15 is 0 Å². The van der Waals surface area contributed by atoms with Crippen LogP contribution in [0.5, 0.6) is 0 Å². The fourth-order valence-electron chi connectivity index (χ4n) is 1.53. The normalized spacial score (nSPS) is 11.2. The Morgan fingerprint density at radius 2 is 2.10 bits per heavy atom. The molecule has 0 unspecified atom stereocenters. The van der Waals surface area contributed by atoms with Crippen molar-refractivity contribution in [1.82, 2.24) is 20.3 Å². The zero-order valence-corrected chi connectivity index (χ0v) is 12.2. The Hall–Kier alpha value is -2.19. The summed E-state index contributed by atoms with van der Waals surface area (Å²) in [4.78, 5) is 22.6. The zero-order chi connectivity index (χ0) is 16.0. The largest absolute Gasteiger partial charge is 0.476 e. The Kier molecular flexibility index (Phi) is 5.62. The first-order chi connectivity index (χ1) is 9.74. The molecule has 0 aliphatic heterocycles. The van der Waals surface area contributed by atoms with Crippen molar-refractivity contribution in [3.8, 4) is 0 Å². The fraction of sp³-hybridized carbons (Fsp3) is 0.667. The second-order valence-corrected chi connectivity index (χ2v) is 5.31. The minimum Gasteiger partial charge on any atom is -0.476 e. The summed E-state index contributed by atoms with van der Waals surface area (Å²) in [7, 11) is 0. The molecule has 8 nitrogen and oxygen atoms in total. The summed E-state index contributed by atoms with van der Waals surface area (Å²) >= 11 is 0. The van der Waals surface area contributed by atoms with Crippen molar-refractivity contribution in [2.75, 3.05) is 6.67 Å². The molecule has 0 aromatic carbocycles. The van der Waals surface area contributed by atoms with Crippen molar-refractivity contribution in [3.05, 3.63) is 11.4 Å². The van der Waals surface area contributed by atoms with Crippen LogP contribution in [0.3, 0.4) is 0 Å².